The second kappa shape index (κ2) is 7.15. The van der Waals surface area contributed by atoms with E-state index in [1.54, 1.807) is 0 Å². The van der Waals surface area contributed by atoms with Crippen LogP contribution < -0.4 is 0 Å². The normalized spacial score (nSPS) is 15.4. The number of nitrogens with zero attached hydrogens (tertiary/aromatic N) is 2. The van der Waals surface area contributed by atoms with Gasteiger partial charge in [-0.1, -0.05) is 25.5 Å². The molecular formula is C12H18N2. The molecule has 0 N–H and O–H groups in total. The number of rotatable bonds is 5. The van der Waals surface area contributed by atoms with Crippen molar-refractivity contribution >= 4 is 0 Å². The summed E-state index contributed by atoms with van der Waals surface area (Å²) in [5, 5.41) is 17.2. The first kappa shape index (κ1) is 12.7. The fourth-order valence-electron chi connectivity index (χ4n) is 1.28. The molecule has 0 aromatic rings. The predicted octanol–water partition coefficient (Wildman–Crippen LogP) is 3.42. The summed E-state index contributed by atoms with van der Waals surface area (Å²) in [5.41, 5.74) is 1.29. The molecule has 0 amide bonds. The smallest absolute Gasteiger partial charge is 0.0663 e. The van der Waals surface area contributed by atoms with Crippen molar-refractivity contribution < 1.29 is 0 Å². The van der Waals surface area contributed by atoms with Crippen LogP contribution in [-0.4, -0.2) is 0 Å². The number of nitriles is 2. The number of hydrogen-bond acceptors (Lipinski definition) is 2. The Labute approximate surface area is 86.8 Å². The lowest BCUT2D eigenvalue weighted by molar-refractivity contribution is 0.460. The fourth-order valence-corrected chi connectivity index (χ4v) is 1.28. The Morgan fingerprint density at radius 3 is 2.43 bits per heavy atom. The van der Waals surface area contributed by atoms with Gasteiger partial charge in [-0.15, -0.1) is 0 Å². The summed E-state index contributed by atoms with van der Waals surface area (Å²) in [6, 6.07) is 4.37. The summed E-state index contributed by atoms with van der Waals surface area (Å²) >= 11 is 0. The van der Waals surface area contributed by atoms with Gasteiger partial charge in [0.15, 0.2) is 0 Å². The van der Waals surface area contributed by atoms with E-state index in [0.29, 0.717) is 12.3 Å². The molecule has 0 aliphatic carbocycles. The molecule has 2 nitrogen and oxygen atoms in total. The zero-order chi connectivity index (χ0) is 11.0. The van der Waals surface area contributed by atoms with E-state index in [9.17, 15) is 0 Å². The van der Waals surface area contributed by atoms with Crippen molar-refractivity contribution in [1.82, 2.24) is 0 Å². The van der Waals surface area contributed by atoms with Crippen LogP contribution in [-0.2, 0) is 0 Å². The summed E-state index contributed by atoms with van der Waals surface area (Å²) in [7, 11) is 0. The number of hydrogen-bond donors (Lipinski definition) is 0. The topological polar surface area (TPSA) is 47.6 Å². The molecule has 0 saturated heterocycles. The third kappa shape index (κ3) is 4.67. The molecule has 14 heavy (non-hydrogen) atoms. The molecule has 0 aromatic heterocycles. The molecular weight excluding hydrogens is 172 g/mol. The largest absolute Gasteiger partial charge is 0.198 e. The number of allylic oxidation sites excluding steroid dienone is 2. The maximum Gasteiger partial charge on any atom is 0.0663 e. The first-order chi connectivity index (χ1) is 6.65. The third-order valence-corrected chi connectivity index (χ3v) is 2.58. The Kier molecular flexibility index (Phi) is 6.50. The van der Waals surface area contributed by atoms with E-state index in [4.69, 9.17) is 10.5 Å². The minimum atomic E-state index is 0.0898. The molecule has 76 valence electrons. The Bertz CT molecular complexity index is 265. The summed E-state index contributed by atoms with van der Waals surface area (Å²) < 4.78 is 0. The molecule has 0 rings (SSSR count). The van der Waals surface area contributed by atoms with Gasteiger partial charge in [-0.3, -0.25) is 0 Å². The zero-order valence-electron chi connectivity index (χ0n) is 9.25. The van der Waals surface area contributed by atoms with E-state index >= 15 is 0 Å². The second-order valence-electron chi connectivity index (χ2n) is 3.68. The molecule has 0 aromatic carbocycles. The van der Waals surface area contributed by atoms with Gasteiger partial charge >= 0.3 is 0 Å². The van der Waals surface area contributed by atoms with E-state index in [0.717, 1.165) is 12.8 Å². The maximum absolute atomic E-state index is 8.75. The van der Waals surface area contributed by atoms with Crippen LogP contribution >= 0.6 is 0 Å². The molecule has 0 aliphatic rings. The van der Waals surface area contributed by atoms with Crippen LogP contribution in [0.15, 0.2) is 11.6 Å². The van der Waals surface area contributed by atoms with Crippen molar-refractivity contribution in [3.8, 4) is 12.1 Å². The van der Waals surface area contributed by atoms with Crippen LogP contribution in [0.1, 0.15) is 40.0 Å². The van der Waals surface area contributed by atoms with Gasteiger partial charge < -0.3 is 0 Å². The summed E-state index contributed by atoms with van der Waals surface area (Å²) in [6.45, 7) is 6.12. The molecule has 2 heteroatoms. The van der Waals surface area contributed by atoms with E-state index in [1.165, 1.54) is 5.57 Å². The van der Waals surface area contributed by atoms with Crippen LogP contribution in [0.2, 0.25) is 0 Å². The highest BCUT2D eigenvalue weighted by atomic mass is 14.3. The van der Waals surface area contributed by atoms with E-state index < -0.39 is 0 Å². The molecule has 0 saturated carbocycles. The molecule has 0 fully saturated rings. The molecule has 0 spiro atoms. The predicted molar refractivity (Wildman–Crippen MR) is 57.2 cm³/mol. The highest BCUT2D eigenvalue weighted by Crippen LogP contribution is 2.21. The lowest BCUT2D eigenvalue weighted by atomic mass is 9.89. The van der Waals surface area contributed by atoms with Crippen molar-refractivity contribution in [3.63, 3.8) is 0 Å². The van der Waals surface area contributed by atoms with E-state index in [2.05, 4.69) is 26.0 Å². The van der Waals surface area contributed by atoms with Crippen LogP contribution in [0.25, 0.3) is 0 Å². The summed E-state index contributed by atoms with van der Waals surface area (Å²) in [4.78, 5) is 0. The molecule has 2 unspecified atom stereocenters. The Morgan fingerprint density at radius 2 is 2.00 bits per heavy atom. The molecule has 2 atom stereocenters. The first-order valence-corrected chi connectivity index (χ1v) is 5.10. The third-order valence-electron chi connectivity index (χ3n) is 2.58. The lowest BCUT2D eigenvalue weighted by Gasteiger charge is -2.14. The maximum atomic E-state index is 8.75. The Hall–Kier alpha value is -1.28. The molecule has 0 aliphatic heterocycles. The van der Waals surface area contributed by atoms with Gasteiger partial charge in [0.05, 0.1) is 18.6 Å². The minimum Gasteiger partial charge on any atom is -0.198 e. The average Bonchev–Trinajstić information content (AvgIpc) is 2.22. The average molecular weight is 190 g/mol. The van der Waals surface area contributed by atoms with Crippen LogP contribution in [0, 0.1) is 34.5 Å². The Balaban J connectivity index is 4.20. The monoisotopic (exact) mass is 190 g/mol. The molecule has 0 heterocycles. The molecule has 0 bridgehead atoms. The van der Waals surface area contributed by atoms with Gasteiger partial charge in [0.25, 0.3) is 0 Å². The highest BCUT2D eigenvalue weighted by molar-refractivity contribution is 5.06. The van der Waals surface area contributed by atoms with E-state index in [-0.39, 0.29) is 5.92 Å². The van der Waals surface area contributed by atoms with E-state index in [1.807, 2.05) is 13.0 Å². The van der Waals surface area contributed by atoms with Crippen LogP contribution in [0.3, 0.4) is 0 Å². The van der Waals surface area contributed by atoms with Gasteiger partial charge in [-0.25, -0.2) is 0 Å². The first-order valence-electron chi connectivity index (χ1n) is 5.10. The highest BCUT2D eigenvalue weighted by Gasteiger charge is 2.12. The van der Waals surface area contributed by atoms with Gasteiger partial charge in [0.1, 0.15) is 0 Å². The van der Waals surface area contributed by atoms with Gasteiger partial charge in [0.2, 0.25) is 0 Å². The summed E-state index contributed by atoms with van der Waals surface area (Å²) in [6.07, 6.45) is 4.38. The van der Waals surface area contributed by atoms with Crippen molar-refractivity contribution in [2.24, 2.45) is 11.8 Å². The van der Waals surface area contributed by atoms with Crippen molar-refractivity contribution in [1.29, 1.82) is 10.5 Å². The Morgan fingerprint density at radius 1 is 1.36 bits per heavy atom. The van der Waals surface area contributed by atoms with Gasteiger partial charge in [-0.2, -0.15) is 10.5 Å². The van der Waals surface area contributed by atoms with Crippen molar-refractivity contribution in [3.05, 3.63) is 11.6 Å². The van der Waals surface area contributed by atoms with Crippen LogP contribution in [0.4, 0.5) is 0 Å². The van der Waals surface area contributed by atoms with Crippen molar-refractivity contribution in [2.75, 3.05) is 0 Å². The molecule has 0 radical (unpaired) electrons. The van der Waals surface area contributed by atoms with Gasteiger partial charge in [-0.05, 0) is 25.7 Å². The van der Waals surface area contributed by atoms with Crippen molar-refractivity contribution in [2.45, 2.75) is 40.0 Å². The standard InChI is InChI=1S/C12H18N2/c1-4-12(6-5-7-13)8-10(2)11(3)9-14/h6,10-11H,4-5,8H2,1-3H3. The second-order valence-corrected chi connectivity index (χ2v) is 3.68. The lowest BCUT2D eigenvalue weighted by Crippen LogP contribution is -2.06. The summed E-state index contributed by atoms with van der Waals surface area (Å²) in [5.74, 6) is 0.469. The zero-order valence-corrected chi connectivity index (χ0v) is 9.25. The quantitative estimate of drug-likeness (QED) is 0.623. The minimum absolute atomic E-state index is 0.0898. The fraction of sp³-hybridized carbons (Fsp3) is 0.667. The van der Waals surface area contributed by atoms with Gasteiger partial charge in [0, 0.05) is 5.92 Å². The van der Waals surface area contributed by atoms with Crippen LogP contribution in [0.5, 0.6) is 0 Å². The SMILES string of the molecule is CCC(=CCC#N)CC(C)C(C)C#N.